The molecule has 1 aromatic heterocycles. The maximum Gasteiger partial charge on any atom is 0.271 e. The predicted molar refractivity (Wildman–Crippen MR) is 124 cm³/mol. The van der Waals surface area contributed by atoms with Gasteiger partial charge in [0.2, 0.25) is 0 Å². The molecule has 0 saturated heterocycles. The first-order valence-corrected chi connectivity index (χ1v) is 9.27. The van der Waals surface area contributed by atoms with E-state index < -0.39 is 29.0 Å². The standard InChI is InChI=1S/C12H10F2N4O2.C5H10.C3H6.C2H2.CH3F/c1-15-12(20)10-8(5-16-18-10)17-11(19)9-6(13)3-2-4-7(9)14;1-3-5-4-2;1-3-2;2*1-2/h2-5H,1H3,(H,15,20)(H,16,18)(H,17,19);3,5H,4H2,1-2H3;3H,1H2,2H3;1-2H;1H3/b;5-3-;;;. The Hall–Kier alpha value is -3.80. The lowest BCUT2D eigenvalue weighted by atomic mass is 10.2. The van der Waals surface area contributed by atoms with Gasteiger partial charge in [0.15, 0.2) is 0 Å². The van der Waals surface area contributed by atoms with E-state index in [0.717, 1.165) is 24.6 Å². The summed E-state index contributed by atoms with van der Waals surface area (Å²) in [5.41, 5.74) is -0.717. The number of carbonyl (C=O) groups is 2. The Morgan fingerprint density at radius 2 is 1.66 bits per heavy atom. The molecule has 2 aromatic rings. The molecule has 1 heterocycles. The summed E-state index contributed by atoms with van der Waals surface area (Å²) in [5.74, 6) is -3.51. The van der Waals surface area contributed by atoms with Gasteiger partial charge >= 0.3 is 0 Å². The highest BCUT2D eigenvalue weighted by molar-refractivity contribution is 6.08. The first kappa shape index (κ1) is 32.9. The molecule has 0 atom stereocenters. The van der Waals surface area contributed by atoms with Crippen molar-refractivity contribution >= 4 is 17.5 Å². The van der Waals surface area contributed by atoms with Crippen LogP contribution >= 0.6 is 0 Å². The zero-order chi connectivity index (χ0) is 25.5. The topological polar surface area (TPSA) is 86.9 Å². The molecule has 0 radical (unpaired) electrons. The number of hydrogen-bond acceptors (Lipinski definition) is 3. The van der Waals surface area contributed by atoms with Crippen molar-refractivity contribution in [1.82, 2.24) is 15.5 Å². The molecule has 9 heteroatoms. The Kier molecular flexibility index (Phi) is 22.5. The lowest BCUT2D eigenvalue weighted by Gasteiger charge is -2.06. The summed E-state index contributed by atoms with van der Waals surface area (Å²) in [5, 5.41) is 10.5. The van der Waals surface area contributed by atoms with Crippen LogP contribution in [0, 0.1) is 24.5 Å². The Morgan fingerprint density at radius 1 is 1.16 bits per heavy atom. The van der Waals surface area contributed by atoms with E-state index in [1.54, 1.807) is 6.08 Å². The third-order valence-electron chi connectivity index (χ3n) is 3.00. The molecule has 0 aliphatic carbocycles. The molecule has 0 spiro atoms. The molecular weight excluding hydrogens is 421 g/mol. The fourth-order valence-corrected chi connectivity index (χ4v) is 1.81. The molecule has 0 aliphatic heterocycles. The van der Waals surface area contributed by atoms with Crippen molar-refractivity contribution < 1.29 is 22.8 Å². The molecule has 3 N–H and O–H groups in total. The zero-order valence-corrected chi connectivity index (χ0v) is 19.0. The van der Waals surface area contributed by atoms with Crippen molar-refractivity contribution in [3.05, 3.63) is 72.1 Å². The Labute approximate surface area is 188 Å². The van der Waals surface area contributed by atoms with Gasteiger partial charge in [-0.1, -0.05) is 31.2 Å². The molecule has 32 heavy (non-hydrogen) atoms. The highest BCUT2D eigenvalue weighted by atomic mass is 19.1. The van der Waals surface area contributed by atoms with Gasteiger partial charge < -0.3 is 10.6 Å². The summed E-state index contributed by atoms with van der Waals surface area (Å²) in [6, 6.07) is 3.08. The minimum Gasteiger partial charge on any atom is -0.354 e. The van der Waals surface area contributed by atoms with E-state index in [1.165, 1.54) is 13.2 Å². The average Bonchev–Trinajstić information content (AvgIpc) is 3.25. The van der Waals surface area contributed by atoms with Crippen LogP contribution in [0.2, 0.25) is 0 Å². The summed E-state index contributed by atoms with van der Waals surface area (Å²) in [7, 11) is 1.89. The summed E-state index contributed by atoms with van der Waals surface area (Å²) in [4.78, 5) is 23.3. The summed E-state index contributed by atoms with van der Waals surface area (Å²) < 4.78 is 36.4. The largest absolute Gasteiger partial charge is 0.354 e. The number of halogens is 3. The molecule has 2 amide bonds. The molecule has 6 nitrogen and oxygen atoms in total. The summed E-state index contributed by atoms with van der Waals surface area (Å²) >= 11 is 0. The number of carbonyl (C=O) groups excluding carboxylic acids is 2. The summed E-state index contributed by atoms with van der Waals surface area (Å²) in [6.07, 6.45) is 16.3. The first-order valence-electron chi connectivity index (χ1n) is 9.27. The quantitative estimate of drug-likeness (QED) is 0.435. The number of rotatable bonds is 4. The highest BCUT2D eigenvalue weighted by Gasteiger charge is 2.20. The van der Waals surface area contributed by atoms with Gasteiger partial charge in [0.25, 0.3) is 11.8 Å². The van der Waals surface area contributed by atoms with Gasteiger partial charge in [0.1, 0.15) is 22.9 Å². The normalized spacial score (nSPS) is 8.56. The molecule has 176 valence electrons. The van der Waals surface area contributed by atoms with Gasteiger partial charge in [-0.2, -0.15) is 5.10 Å². The van der Waals surface area contributed by atoms with Crippen LogP contribution in [0.25, 0.3) is 0 Å². The van der Waals surface area contributed by atoms with E-state index in [9.17, 15) is 22.8 Å². The van der Waals surface area contributed by atoms with Crippen molar-refractivity contribution in [1.29, 1.82) is 0 Å². The van der Waals surface area contributed by atoms with E-state index in [0.29, 0.717) is 7.18 Å². The van der Waals surface area contributed by atoms with Crippen LogP contribution < -0.4 is 10.6 Å². The molecular formula is C23H31F3N4O2. The number of H-pyrrole nitrogens is 1. The second kappa shape index (κ2) is 21.9. The minimum atomic E-state index is -1.01. The number of amides is 2. The van der Waals surface area contributed by atoms with Crippen LogP contribution in [-0.2, 0) is 0 Å². The fraction of sp³-hybridized carbons (Fsp3) is 0.261. The zero-order valence-electron chi connectivity index (χ0n) is 19.0. The van der Waals surface area contributed by atoms with Crippen LogP contribution in [0.5, 0.6) is 0 Å². The Morgan fingerprint density at radius 3 is 2.03 bits per heavy atom. The lowest BCUT2D eigenvalue weighted by molar-refractivity contribution is 0.0959. The number of hydrogen-bond donors (Lipinski definition) is 3. The molecule has 1 aromatic carbocycles. The number of terminal acetylenes is 1. The lowest BCUT2D eigenvalue weighted by Crippen LogP contribution is -2.22. The van der Waals surface area contributed by atoms with Gasteiger partial charge in [0, 0.05) is 7.05 Å². The molecule has 0 saturated carbocycles. The monoisotopic (exact) mass is 452 g/mol. The van der Waals surface area contributed by atoms with E-state index in [-0.39, 0.29) is 11.4 Å². The van der Waals surface area contributed by atoms with Crippen LogP contribution in [-0.4, -0.2) is 36.2 Å². The number of allylic oxidation sites excluding steroid dienone is 3. The third kappa shape index (κ3) is 12.7. The van der Waals surface area contributed by atoms with Crippen molar-refractivity contribution in [2.24, 2.45) is 0 Å². The predicted octanol–water partition coefficient (Wildman–Crippen LogP) is 5.30. The molecule has 2 rings (SSSR count). The first-order chi connectivity index (χ1) is 15.4. The molecule has 0 bridgehead atoms. The van der Waals surface area contributed by atoms with E-state index in [4.69, 9.17) is 0 Å². The highest BCUT2D eigenvalue weighted by Crippen LogP contribution is 2.17. The molecule has 0 aliphatic rings. The van der Waals surface area contributed by atoms with Crippen LogP contribution in [0.4, 0.5) is 18.9 Å². The van der Waals surface area contributed by atoms with E-state index >= 15 is 0 Å². The second-order valence-corrected chi connectivity index (χ2v) is 5.17. The SMILES string of the molecule is C#C.C/C=C\CC.C=CC.CF.CNC(=O)c1[nH]ncc1NC(=O)c1c(F)cccc1F. The maximum absolute atomic E-state index is 13.5. The van der Waals surface area contributed by atoms with Gasteiger partial charge in [-0.15, -0.1) is 19.4 Å². The second-order valence-electron chi connectivity index (χ2n) is 5.17. The van der Waals surface area contributed by atoms with Crippen LogP contribution in [0.3, 0.4) is 0 Å². The van der Waals surface area contributed by atoms with Crippen molar-refractivity contribution in [2.45, 2.75) is 27.2 Å². The van der Waals surface area contributed by atoms with Crippen molar-refractivity contribution in [3.63, 3.8) is 0 Å². The molecule has 0 fully saturated rings. The number of benzene rings is 1. The maximum atomic E-state index is 13.5. The number of nitrogens with zero attached hydrogens (tertiary/aromatic N) is 1. The average molecular weight is 453 g/mol. The fourth-order valence-electron chi connectivity index (χ4n) is 1.81. The van der Waals surface area contributed by atoms with Crippen LogP contribution in [0.15, 0.2) is 49.2 Å². The van der Waals surface area contributed by atoms with Gasteiger partial charge in [-0.25, -0.2) is 8.78 Å². The number of nitrogens with one attached hydrogen (secondary N) is 3. The van der Waals surface area contributed by atoms with Gasteiger partial charge in [0.05, 0.1) is 19.1 Å². The van der Waals surface area contributed by atoms with Gasteiger partial charge in [-0.05, 0) is 32.4 Å². The summed E-state index contributed by atoms with van der Waals surface area (Å²) in [6.45, 7) is 9.41. The van der Waals surface area contributed by atoms with Crippen molar-refractivity contribution in [2.75, 3.05) is 19.5 Å². The molecule has 0 unspecified atom stereocenters. The van der Waals surface area contributed by atoms with Gasteiger partial charge in [-0.3, -0.25) is 19.1 Å². The third-order valence-corrected chi connectivity index (χ3v) is 3.00. The van der Waals surface area contributed by atoms with E-state index in [1.807, 2.05) is 13.8 Å². The van der Waals surface area contributed by atoms with E-state index in [2.05, 4.69) is 59.3 Å². The Balaban J connectivity index is -0.000000590. The van der Waals surface area contributed by atoms with Crippen LogP contribution in [0.1, 0.15) is 48.0 Å². The van der Waals surface area contributed by atoms with Crippen molar-refractivity contribution in [3.8, 4) is 12.8 Å². The minimum absolute atomic E-state index is 0.0161. The Bertz CT molecular complexity index is 827. The number of anilines is 1. The smallest absolute Gasteiger partial charge is 0.271 e. The number of aromatic nitrogens is 2. The number of aromatic amines is 1. The number of alkyl halides is 1.